The molecule has 1 aromatic rings. The summed E-state index contributed by atoms with van der Waals surface area (Å²) in [6.07, 6.45) is 9.47. The molecule has 0 atom stereocenters. The molecule has 1 aliphatic carbocycles. The van der Waals surface area contributed by atoms with Crippen LogP contribution in [0.1, 0.15) is 62.9 Å². The lowest BCUT2D eigenvalue weighted by Crippen LogP contribution is -2.17. The molecule has 3 rings (SSSR count). The summed E-state index contributed by atoms with van der Waals surface area (Å²) >= 11 is 0. The van der Waals surface area contributed by atoms with Gasteiger partial charge in [-0.2, -0.15) is 0 Å². The van der Waals surface area contributed by atoms with E-state index in [2.05, 4.69) is 31.2 Å². The van der Waals surface area contributed by atoms with Crippen LogP contribution >= 0.6 is 0 Å². The summed E-state index contributed by atoms with van der Waals surface area (Å²) in [5, 5.41) is 0. The Balaban J connectivity index is 1.60. The Labute approximate surface area is 128 Å². The largest absolute Gasteiger partial charge is 0.346 e. The molecule has 0 amide bonds. The van der Waals surface area contributed by atoms with Crippen LogP contribution in [0.15, 0.2) is 24.3 Å². The molecule has 0 spiro atoms. The fourth-order valence-electron chi connectivity index (χ4n) is 3.93. The van der Waals surface area contributed by atoms with Gasteiger partial charge in [0.1, 0.15) is 0 Å². The van der Waals surface area contributed by atoms with Crippen LogP contribution in [0, 0.1) is 11.8 Å². The summed E-state index contributed by atoms with van der Waals surface area (Å²) in [5.41, 5.74) is 2.69. The smallest absolute Gasteiger partial charge is 0.184 e. The molecule has 2 fully saturated rings. The Morgan fingerprint density at radius 3 is 2.33 bits per heavy atom. The fourth-order valence-corrected chi connectivity index (χ4v) is 3.93. The second kappa shape index (κ2) is 7.42. The van der Waals surface area contributed by atoms with E-state index < -0.39 is 0 Å². The van der Waals surface area contributed by atoms with Gasteiger partial charge in [-0.15, -0.1) is 0 Å². The van der Waals surface area contributed by atoms with Gasteiger partial charge in [0.25, 0.3) is 0 Å². The maximum atomic E-state index is 5.70. The Morgan fingerprint density at radius 2 is 1.62 bits per heavy atom. The van der Waals surface area contributed by atoms with E-state index in [9.17, 15) is 0 Å². The van der Waals surface area contributed by atoms with Crippen molar-refractivity contribution < 1.29 is 9.47 Å². The quantitative estimate of drug-likeness (QED) is 0.768. The molecular formula is C19H28O2. The van der Waals surface area contributed by atoms with E-state index in [1.807, 2.05) is 0 Å². The Morgan fingerprint density at radius 1 is 0.952 bits per heavy atom. The second-order valence-corrected chi connectivity index (χ2v) is 6.65. The minimum Gasteiger partial charge on any atom is -0.346 e. The third-order valence-corrected chi connectivity index (χ3v) is 5.10. The predicted octanol–water partition coefficient (Wildman–Crippen LogP) is 4.88. The minimum absolute atomic E-state index is 0.127. The van der Waals surface area contributed by atoms with E-state index in [0.717, 1.165) is 25.0 Å². The summed E-state index contributed by atoms with van der Waals surface area (Å²) < 4.78 is 11.4. The number of hydrogen-bond donors (Lipinski definition) is 0. The van der Waals surface area contributed by atoms with E-state index in [4.69, 9.17) is 9.47 Å². The molecular weight excluding hydrogens is 260 g/mol. The third-order valence-electron chi connectivity index (χ3n) is 5.10. The average molecular weight is 288 g/mol. The van der Waals surface area contributed by atoms with Crippen molar-refractivity contribution >= 4 is 0 Å². The van der Waals surface area contributed by atoms with E-state index in [1.165, 1.54) is 56.1 Å². The van der Waals surface area contributed by atoms with Crippen LogP contribution in [0.4, 0.5) is 0 Å². The molecule has 0 N–H and O–H groups in total. The van der Waals surface area contributed by atoms with Crippen LogP contribution < -0.4 is 0 Å². The zero-order chi connectivity index (χ0) is 14.5. The molecule has 2 heteroatoms. The topological polar surface area (TPSA) is 18.5 Å². The van der Waals surface area contributed by atoms with Gasteiger partial charge in [0.05, 0.1) is 13.2 Å². The lowest BCUT2D eigenvalue weighted by molar-refractivity contribution is -0.0448. The molecule has 116 valence electrons. The number of ether oxygens (including phenoxy) is 2. The minimum atomic E-state index is -0.127. The Kier molecular flexibility index (Phi) is 5.32. The lowest BCUT2D eigenvalue weighted by Gasteiger charge is -2.29. The molecule has 2 nitrogen and oxygen atoms in total. The van der Waals surface area contributed by atoms with Gasteiger partial charge in [-0.25, -0.2) is 0 Å². The van der Waals surface area contributed by atoms with Crippen molar-refractivity contribution in [2.24, 2.45) is 11.8 Å². The van der Waals surface area contributed by atoms with Crippen molar-refractivity contribution in [1.29, 1.82) is 0 Å². The first-order chi connectivity index (χ1) is 10.4. The van der Waals surface area contributed by atoms with Gasteiger partial charge in [0.2, 0.25) is 0 Å². The van der Waals surface area contributed by atoms with Gasteiger partial charge in [-0.3, -0.25) is 0 Å². The van der Waals surface area contributed by atoms with Gasteiger partial charge >= 0.3 is 0 Å². The molecule has 1 aliphatic heterocycles. The zero-order valence-corrected chi connectivity index (χ0v) is 13.2. The van der Waals surface area contributed by atoms with Crippen LogP contribution in [0.3, 0.4) is 0 Å². The first-order valence-corrected chi connectivity index (χ1v) is 8.67. The molecule has 0 aromatic heterocycles. The molecule has 0 bridgehead atoms. The molecule has 2 aliphatic rings. The van der Waals surface area contributed by atoms with E-state index >= 15 is 0 Å². The highest BCUT2D eigenvalue weighted by Gasteiger charge is 2.24. The van der Waals surface area contributed by atoms with Crippen LogP contribution in [-0.4, -0.2) is 13.2 Å². The van der Waals surface area contributed by atoms with Gasteiger partial charge in [0, 0.05) is 5.56 Å². The highest BCUT2D eigenvalue weighted by molar-refractivity contribution is 5.29. The van der Waals surface area contributed by atoms with Crippen LogP contribution in [-0.2, 0) is 15.9 Å². The van der Waals surface area contributed by atoms with Gasteiger partial charge in [0.15, 0.2) is 6.29 Å². The summed E-state index contributed by atoms with van der Waals surface area (Å²) in [7, 11) is 0. The van der Waals surface area contributed by atoms with Crippen molar-refractivity contribution in [3.05, 3.63) is 35.4 Å². The van der Waals surface area contributed by atoms with Gasteiger partial charge < -0.3 is 9.47 Å². The number of benzene rings is 1. The predicted molar refractivity (Wildman–Crippen MR) is 85.1 cm³/mol. The first kappa shape index (κ1) is 15.1. The van der Waals surface area contributed by atoms with Crippen LogP contribution in [0.5, 0.6) is 0 Å². The third kappa shape index (κ3) is 3.87. The lowest BCUT2D eigenvalue weighted by atomic mass is 9.77. The molecule has 1 aromatic carbocycles. The molecule has 0 radical (unpaired) electrons. The summed E-state index contributed by atoms with van der Waals surface area (Å²) in [5.74, 6) is 1.84. The summed E-state index contributed by atoms with van der Waals surface area (Å²) in [4.78, 5) is 0. The SMILES string of the molecule is CCCC1CCC(Cc2ccccc2C2OCCO2)CC1. The van der Waals surface area contributed by atoms with Gasteiger partial charge in [-0.1, -0.05) is 56.9 Å². The Bertz CT molecular complexity index is 429. The van der Waals surface area contributed by atoms with Gasteiger partial charge in [-0.05, 0) is 36.7 Å². The van der Waals surface area contributed by atoms with Crippen LogP contribution in [0.25, 0.3) is 0 Å². The maximum absolute atomic E-state index is 5.70. The standard InChI is InChI=1S/C19H28O2/c1-2-5-15-8-10-16(11-9-15)14-17-6-3-4-7-18(17)19-20-12-13-21-19/h3-4,6-7,15-16,19H,2,5,8-14H2,1H3. The highest BCUT2D eigenvalue weighted by atomic mass is 16.7. The number of rotatable bonds is 5. The molecule has 21 heavy (non-hydrogen) atoms. The Hall–Kier alpha value is -0.860. The molecule has 1 saturated carbocycles. The molecule has 0 unspecified atom stereocenters. The van der Waals surface area contributed by atoms with E-state index in [0.29, 0.717) is 0 Å². The van der Waals surface area contributed by atoms with Crippen molar-refractivity contribution in [1.82, 2.24) is 0 Å². The molecule has 1 heterocycles. The second-order valence-electron chi connectivity index (χ2n) is 6.65. The summed E-state index contributed by atoms with van der Waals surface area (Å²) in [6, 6.07) is 8.69. The monoisotopic (exact) mass is 288 g/mol. The number of hydrogen-bond acceptors (Lipinski definition) is 2. The average Bonchev–Trinajstić information content (AvgIpc) is 3.04. The zero-order valence-electron chi connectivity index (χ0n) is 13.2. The van der Waals surface area contributed by atoms with E-state index in [1.54, 1.807) is 0 Å². The highest BCUT2D eigenvalue weighted by Crippen LogP contribution is 2.35. The first-order valence-electron chi connectivity index (χ1n) is 8.67. The normalized spacial score (nSPS) is 27.1. The fraction of sp³-hybridized carbons (Fsp3) is 0.684. The summed E-state index contributed by atoms with van der Waals surface area (Å²) in [6.45, 7) is 3.76. The van der Waals surface area contributed by atoms with E-state index in [-0.39, 0.29) is 6.29 Å². The molecule has 1 saturated heterocycles. The van der Waals surface area contributed by atoms with Crippen molar-refractivity contribution in [2.45, 2.75) is 58.2 Å². The van der Waals surface area contributed by atoms with Crippen molar-refractivity contribution in [3.8, 4) is 0 Å². The van der Waals surface area contributed by atoms with Crippen molar-refractivity contribution in [2.75, 3.05) is 13.2 Å². The van der Waals surface area contributed by atoms with Crippen LogP contribution in [0.2, 0.25) is 0 Å². The van der Waals surface area contributed by atoms with Crippen molar-refractivity contribution in [3.63, 3.8) is 0 Å². The maximum Gasteiger partial charge on any atom is 0.184 e.